The molecular formula is C20H21ClN4O3S. The summed E-state index contributed by atoms with van der Waals surface area (Å²) in [4.78, 5) is 12.8. The fourth-order valence-electron chi connectivity index (χ4n) is 2.75. The Kier molecular flexibility index (Phi) is 6.07. The Balaban J connectivity index is 1.83. The summed E-state index contributed by atoms with van der Waals surface area (Å²) in [5, 5.41) is 7.76. The first-order valence-electron chi connectivity index (χ1n) is 8.92. The minimum absolute atomic E-state index is 0.0996. The summed E-state index contributed by atoms with van der Waals surface area (Å²) in [5.41, 5.74) is 1.76. The summed E-state index contributed by atoms with van der Waals surface area (Å²) in [6, 6.07) is 14.4. The van der Waals surface area contributed by atoms with Crippen molar-refractivity contribution in [3.8, 4) is 5.69 Å². The molecule has 1 aromatic heterocycles. The van der Waals surface area contributed by atoms with Crippen molar-refractivity contribution in [2.45, 2.75) is 31.7 Å². The van der Waals surface area contributed by atoms with Gasteiger partial charge < -0.3 is 5.32 Å². The maximum atomic E-state index is 12.7. The molecule has 9 heteroatoms. The number of carbonyl (C=O) groups excluding carboxylic acids is 1. The first kappa shape index (κ1) is 21.0. The van der Waals surface area contributed by atoms with E-state index in [1.807, 2.05) is 13.0 Å². The van der Waals surface area contributed by atoms with Gasteiger partial charge in [0.2, 0.25) is 10.0 Å². The predicted molar refractivity (Wildman–Crippen MR) is 113 cm³/mol. The van der Waals surface area contributed by atoms with E-state index in [0.29, 0.717) is 22.1 Å². The Morgan fingerprint density at radius 1 is 1.10 bits per heavy atom. The summed E-state index contributed by atoms with van der Waals surface area (Å²) in [6.45, 7) is 5.30. The van der Waals surface area contributed by atoms with Gasteiger partial charge in [0.15, 0.2) is 0 Å². The lowest BCUT2D eigenvalue weighted by Crippen LogP contribution is -2.30. The summed E-state index contributed by atoms with van der Waals surface area (Å²) in [5.74, 6) is 0.0990. The largest absolute Gasteiger partial charge is 0.306 e. The van der Waals surface area contributed by atoms with Gasteiger partial charge in [0.05, 0.1) is 16.3 Å². The van der Waals surface area contributed by atoms with Crippen LogP contribution in [0.5, 0.6) is 0 Å². The number of benzene rings is 2. The smallest absolute Gasteiger partial charge is 0.256 e. The van der Waals surface area contributed by atoms with Crippen LogP contribution in [0.3, 0.4) is 0 Å². The van der Waals surface area contributed by atoms with E-state index < -0.39 is 10.0 Å². The third-order valence-electron chi connectivity index (χ3n) is 3.94. The second kappa shape index (κ2) is 8.36. The Morgan fingerprint density at radius 3 is 2.41 bits per heavy atom. The lowest BCUT2D eigenvalue weighted by atomic mass is 10.2. The summed E-state index contributed by atoms with van der Waals surface area (Å²) >= 11 is 6.06. The number of aryl methyl sites for hydroxylation is 1. The van der Waals surface area contributed by atoms with E-state index >= 15 is 0 Å². The Labute approximate surface area is 174 Å². The zero-order valence-electron chi connectivity index (χ0n) is 16.2. The molecular weight excluding hydrogens is 412 g/mol. The number of hydrogen-bond acceptors (Lipinski definition) is 4. The van der Waals surface area contributed by atoms with Crippen molar-refractivity contribution >= 4 is 33.3 Å². The Bertz CT molecular complexity index is 1140. The van der Waals surface area contributed by atoms with Crippen LogP contribution < -0.4 is 10.0 Å². The highest BCUT2D eigenvalue weighted by Gasteiger charge is 2.17. The highest BCUT2D eigenvalue weighted by molar-refractivity contribution is 7.89. The maximum absolute atomic E-state index is 12.7. The molecule has 152 valence electrons. The quantitative estimate of drug-likeness (QED) is 0.620. The molecule has 0 fully saturated rings. The van der Waals surface area contributed by atoms with E-state index in [1.165, 1.54) is 24.3 Å². The molecule has 3 aromatic rings. The van der Waals surface area contributed by atoms with Gasteiger partial charge in [0.1, 0.15) is 5.82 Å². The third-order valence-corrected chi connectivity index (χ3v) is 5.85. The van der Waals surface area contributed by atoms with E-state index in [0.717, 1.165) is 5.69 Å². The zero-order chi connectivity index (χ0) is 21.2. The van der Waals surface area contributed by atoms with Crippen LogP contribution >= 0.6 is 11.6 Å². The summed E-state index contributed by atoms with van der Waals surface area (Å²) < 4.78 is 28.5. The first-order valence-corrected chi connectivity index (χ1v) is 10.8. The SMILES string of the molecule is Cc1cc(NC(=O)c2ccc(S(=O)(=O)NC(C)C)cc2)n(-c2cccc(Cl)c2)n1. The van der Waals surface area contributed by atoms with Gasteiger partial charge in [-0.15, -0.1) is 0 Å². The lowest BCUT2D eigenvalue weighted by molar-refractivity contribution is 0.102. The number of sulfonamides is 1. The summed E-state index contributed by atoms with van der Waals surface area (Å²) in [7, 11) is -3.61. The van der Waals surface area contributed by atoms with E-state index in [1.54, 1.807) is 42.8 Å². The van der Waals surface area contributed by atoms with Gasteiger partial charge in [-0.1, -0.05) is 17.7 Å². The molecule has 0 spiro atoms. The van der Waals surface area contributed by atoms with Gasteiger partial charge >= 0.3 is 0 Å². The van der Waals surface area contributed by atoms with Gasteiger partial charge in [0, 0.05) is 22.7 Å². The van der Waals surface area contributed by atoms with Gasteiger partial charge in [-0.25, -0.2) is 17.8 Å². The molecule has 0 aliphatic heterocycles. The molecule has 0 saturated carbocycles. The highest BCUT2D eigenvalue weighted by Crippen LogP contribution is 2.21. The first-order chi connectivity index (χ1) is 13.7. The molecule has 0 atom stereocenters. The standard InChI is InChI=1S/C20H21ClN4O3S/c1-13(2)24-29(27,28)18-9-7-15(8-10-18)20(26)22-19-11-14(3)23-25(19)17-6-4-5-16(21)12-17/h4-13,24H,1-3H3,(H,22,26). The molecule has 1 heterocycles. The van der Waals surface area contributed by atoms with Gasteiger partial charge in [0.25, 0.3) is 5.91 Å². The molecule has 0 aliphatic carbocycles. The van der Waals surface area contributed by atoms with Crippen molar-refractivity contribution in [3.05, 3.63) is 70.9 Å². The van der Waals surface area contributed by atoms with Crippen molar-refractivity contribution in [1.29, 1.82) is 0 Å². The fraction of sp³-hybridized carbons (Fsp3) is 0.200. The monoisotopic (exact) mass is 432 g/mol. The van der Waals surface area contributed by atoms with Crippen LogP contribution in [0, 0.1) is 6.92 Å². The molecule has 0 saturated heterocycles. The van der Waals surface area contributed by atoms with Crippen molar-refractivity contribution in [3.63, 3.8) is 0 Å². The van der Waals surface area contributed by atoms with Crippen LogP contribution in [-0.4, -0.2) is 30.1 Å². The number of nitrogens with zero attached hydrogens (tertiary/aromatic N) is 2. The summed E-state index contributed by atoms with van der Waals surface area (Å²) in [6.07, 6.45) is 0. The molecule has 0 unspecified atom stereocenters. The zero-order valence-corrected chi connectivity index (χ0v) is 17.8. The molecule has 0 radical (unpaired) electrons. The predicted octanol–water partition coefficient (Wildman–Crippen LogP) is 3.77. The maximum Gasteiger partial charge on any atom is 0.256 e. The molecule has 0 bridgehead atoms. The van der Waals surface area contributed by atoms with E-state index in [2.05, 4.69) is 15.1 Å². The van der Waals surface area contributed by atoms with Crippen molar-refractivity contribution in [1.82, 2.24) is 14.5 Å². The topological polar surface area (TPSA) is 93.1 Å². The second-order valence-electron chi connectivity index (χ2n) is 6.82. The molecule has 1 amide bonds. The molecule has 0 aliphatic rings. The van der Waals surface area contributed by atoms with Crippen molar-refractivity contribution in [2.24, 2.45) is 0 Å². The van der Waals surface area contributed by atoms with Crippen LogP contribution in [0.4, 0.5) is 5.82 Å². The lowest BCUT2D eigenvalue weighted by Gasteiger charge is -2.11. The number of anilines is 1. The molecule has 29 heavy (non-hydrogen) atoms. The van der Waals surface area contributed by atoms with Crippen LogP contribution in [0.25, 0.3) is 5.69 Å². The van der Waals surface area contributed by atoms with Gasteiger partial charge in [-0.3, -0.25) is 4.79 Å². The number of nitrogens with one attached hydrogen (secondary N) is 2. The van der Waals surface area contributed by atoms with Gasteiger partial charge in [-0.2, -0.15) is 5.10 Å². The van der Waals surface area contributed by atoms with Crippen LogP contribution in [0.2, 0.25) is 5.02 Å². The minimum Gasteiger partial charge on any atom is -0.306 e. The van der Waals surface area contributed by atoms with Crippen LogP contribution in [0.1, 0.15) is 29.9 Å². The second-order valence-corrected chi connectivity index (χ2v) is 8.97. The van der Waals surface area contributed by atoms with Crippen LogP contribution in [-0.2, 0) is 10.0 Å². The van der Waals surface area contributed by atoms with Gasteiger partial charge in [-0.05, 0) is 63.2 Å². The number of aromatic nitrogens is 2. The minimum atomic E-state index is -3.61. The fourth-order valence-corrected chi connectivity index (χ4v) is 4.18. The number of rotatable bonds is 6. The van der Waals surface area contributed by atoms with E-state index in [9.17, 15) is 13.2 Å². The number of hydrogen-bond donors (Lipinski definition) is 2. The van der Waals surface area contributed by atoms with Crippen molar-refractivity contribution < 1.29 is 13.2 Å². The molecule has 2 N–H and O–H groups in total. The number of amides is 1. The Hall–Kier alpha value is -2.68. The number of halogens is 1. The molecule has 2 aromatic carbocycles. The third kappa shape index (κ3) is 5.03. The van der Waals surface area contributed by atoms with Crippen molar-refractivity contribution in [2.75, 3.05) is 5.32 Å². The van der Waals surface area contributed by atoms with E-state index in [-0.39, 0.29) is 16.8 Å². The molecule has 3 rings (SSSR count). The Morgan fingerprint density at radius 2 is 1.79 bits per heavy atom. The van der Waals surface area contributed by atoms with Crippen LogP contribution in [0.15, 0.2) is 59.5 Å². The average molecular weight is 433 g/mol. The van der Waals surface area contributed by atoms with E-state index in [4.69, 9.17) is 11.6 Å². The average Bonchev–Trinajstić information content (AvgIpc) is 3.01. The normalized spacial score (nSPS) is 11.6. The number of carbonyl (C=O) groups is 1. The highest BCUT2D eigenvalue weighted by atomic mass is 35.5. The molecule has 7 nitrogen and oxygen atoms in total.